The van der Waals surface area contributed by atoms with E-state index in [9.17, 15) is 0 Å². The summed E-state index contributed by atoms with van der Waals surface area (Å²) in [6.45, 7) is 9.90. The molecule has 8 heteroatoms. The molecule has 1 heterocycles. The van der Waals surface area contributed by atoms with Gasteiger partial charge in [0.25, 0.3) is 0 Å². The van der Waals surface area contributed by atoms with Crippen LogP contribution in [-0.4, -0.2) is 48.2 Å². The minimum Gasteiger partial charge on any atom is -0.492 e. The smallest absolute Gasteiger partial charge is 0.232 e. The first-order valence-electron chi connectivity index (χ1n) is 8.74. The Morgan fingerprint density at radius 2 is 1.93 bits per heavy atom. The SMILES string of the molecule is CN=C(NCc1noc(C(C)(C)C)n1)N(C)CCOc1ccc(C)cc1.I. The molecule has 0 unspecified atom stereocenters. The van der Waals surface area contributed by atoms with E-state index < -0.39 is 0 Å². The highest BCUT2D eigenvalue weighted by molar-refractivity contribution is 14.0. The normalized spacial score (nSPS) is 11.7. The maximum absolute atomic E-state index is 5.77. The molecule has 0 spiro atoms. The molecule has 0 fully saturated rings. The third-order valence-electron chi connectivity index (χ3n) is 3.80. The number of aromatic nitrogens is 2. The summed E-state index contributed by atoms with van der Waals surface area (Å²) in [6.07, 6.45) is 0. The summed E-state index contributed by atoms with van der Waals surface area (Å²) in [6, 6.07) is 8.03. The fourth-order valence-electron chi connectivity index (χ4n) is 2.21. The van der Waals surface area contributed by atoms with Gasteiger partial charge in [0.15, 0.2) is 11.8 Å². The Kier molecular flexibility index (Phi) is 9.01. The summed E-state index contributed by atoms with van der Waals surface area (Å²) < 4.78 is 11.1. The molecule has 0 aliphatic carbocycles. The molecule has 0 saturated heterocycles. The first-order valence-corrected chi connectivity index (χ1v) is 8.74. The Labute approximate surface area is 178 Å². The highest BCUT2D eigenvalue weighted by Crippen LogP contribution is 2.19. The molecule has 0 amide bonds. The quantitative estimate of drug-likeness (QED) is 0.383. The Morgan fingerprint density at radius 1 is 1.26 bits per heavy atom. The van der Waals surface area contributed by atoms with E-state index in [4.69, 9.17) is 9.26 Å². The Hall–Kier alpha value is -1.84. The highest BCUT2D eigenvalue weighted by Gasteiger charge is 2.21. The van der Waals surface area contributed by atoms with Crippen molar-refractivity contribution in [2.75, 3.05) is 27.2 Å². The summed E-state index contributed by atoms with van der Waals surface area (Å²) in [7, 11) is 3.71. The van der Waals surface area contributed by atoms with Crippen LogP contribution in [0.3, 0.4) is 0 Å². The van der Waals surface area contributed by atoms with Crippen LogP contribution >= 0.6 is 24.0 Å². The molecule has 1 aromatic heterocycles. The van der Waals surface area contributed by atoms with Crippen LogP contribution in [0.25, 0.3) is 0 Å². The number of ether oxygens (including phenoxy) is 1. The average molecular weight is 487 g/mol. The predicted molar refractivity (Wildman–Crippen MR) is 118 cm³/mol. The molecule has 2 aromatic rings. The third-order valence-corrected chi connectivity index (χ3v) is 3.80. The Bertz CT molecular complexity index is 722. The predicted octanol–water partition coefficient (Wildman–Crippen LogP) is 3.38. The van der Waals surface area contributed by atoms with Crippen molar-refractivity contribution >= 4 is 29.9 Å². The van der Waals surface area contributed by atoms with E-state index in [-0.39, 0.29) is 29.4 Å². The molecule has 0 radical (unpaired) electrons. The first kappa shape index (κ1) is 23.2. The van der Waals surface area contributed by atoms with Gasteiger partial charge in [0.2, 0.25) is 5.89 Å². The third kappa shape index (κ3) is 7.36. The van der Waals surface area contributed by atoms with Crippen molar-refractivity contribution < 1.29 is 9.26 Å². The van der Waals surface area contributed by atoms with Crippen LogP contribution in [0.1, 0.15) is 38.0 Å². The van der Waals surface area contributed by atoms with Crippen LogP contribution in [0, 0.1) is 6.92 Å². The lowest BCUT2D eigenvalue weighted by molar-refractivity contribution is 0.281. The zero-order valence-corrected chi connectivity index (χ0v) is 19.3. The molecule has 27 heavy (non-hydrogen) atoms. The summed E-state index contributed by atoms with van der Waals surface area (Å²) in [4.78, 5) is 10.7. The standard InChI is InChI=1S/C19H29N5O2.HI/c1-14-7-9-15(10-8-14)25-12-11-24(6)18(20-5)21-13-16-22-17(26-23-16)19(2,3)4;/h7-10H,11-13H2,1-6H3,(H,20,21);1H. The molecule has 0 atom stereocenters. The zero-order valence-electron chi connectivity index (χ0n) is 16.9. The topological polar surface area (TPSA) is 75.8 Å². The van der Waals surface area contributed by atoms with Gasteiger partial charge >= 0.3 is 0 Å². The monoisotopic (exact) mass is 487 g/mol. The second-order valence-corrected chi connectivity index (χ2v) is 7.25. The Morgan fingerprint density at radius 3 is 2.48 bits per heavy atom. The van der Waals surface area contributed by atoms with Crippen LogP contribution in [0.15, 0.2) is 33.8 Å². The number of nitrogens with one attached hydrogen (secondary N) is 1. The lowest BCUT2D eigenvalue weighted by Gasteiger charge is -2.21. The number of aryl methyl sites for hydroxylation is 1. The summed E-state index contributed by atoms with van der Waals surface area (Å²) in [5.41, 5.74) is 1.06. The molecule has 0 aliphatic rings. The molecule has 0 aliphatic heterocycles. The maximum Gasteiger partial charge on any atom is 0.232 e. The van der Waals surface area contributed by atoms with Crippen molar-refractivity contribution in [1.82, 2.24) is 20.4 Å². The van der Waals surface area contributed by atoms with E-state index in [0.29, 0.717) is 31.4 Å². The van der Waals surface area contributed by atoms with Gasteiger partial charge in [-0.1, -0.05) is 43.6 Å². The van der Waals surface area contributed by atoms with Crippen molar-refractivity contribution in [2.24, 2.45) is 4.99 Å². The molecule has 1 N–H and O–H groups in total. The van der Waals surface area contributed by atoms with Crippen molar-refractivity contribution in [3.63, 3.8) is 0 Å². The molecule has 1 aromatic carbocycles. The first-order chi connectivity index (χ1) is 12.3. The van der Waals surface area contributed by atoms with E-state index in [1.165, 1.54) is 5.56 Å². The number of hydrogen-bond donors (Lipinski definition) is 1. The molecule has 0 saturated carbocycles. The van der Waals surface area contributed by atoms with E-state index in [1.807, 2.05) is 57.0 Å². The molecular formula is C19H30IN5O2. The number of nitrogens with zero attached hydrogens (tertiary/aromatic N) is 4. The summed E-state index contributed by atoms with van der Waals surface area (Å²) >= 11 is 0. The highest BCUT2D eigenvalue weighted by atomic mass is 127. The second kappa shape index (κ2) is 10.5. The maximum atomic E-state index is 5.77. The number of rotatable bonds is 6. The lowest BCUT2D eigenvalue weighted by Crippen LogP contribution is -2.40. The van der Waals surface area contributed by atoms with Crippen LogP contribution in [0.4, 0.5) is 0 Å². The minimum absolute atomic E-state index is 0. The van der Waals surface area contributed by atoms with Gasteiger partial charge in [0.05, 0.1) is 13.1 Å². The van der Waals surface area contributed by atoms with Crippen molar-refractivity contribution in [3.05, 3.63) is 41.5 Å². The van der Waals surface area contributed by atoms with Gasteiger partial charge in [-0.15, -0.1) is 24.0 Å². The number of guanidine groups is 1. The van der Waals surface area contributed by atoms with Crippen molar-refractivity contribution in [1.29, 1.82) is 0 Å². The zero-order chi connectivity index (χ0) is 19.2. The van der Waals surface area contributed by atoms with Gasteiger partial charge in [-0.2, -0.15) is 4.98 Å². The Balaban J connectivity index is 0.00000364. The van der Waals surface area contributed by atoms with Gasteiger partial charge in [-0.3, -0.25) is 4.99 Å². The van der Waals surface area contributed by atoms with Gasteiger partial charge in [0.1, 0.15) is 12.4 Å². The van der Waals surface area contributed by atoms with Gasteiger partial charge in [0, 0.05) is 19.5 Å². The van der Waals surface area contributed by atoms with Crippen molar-refractivity contribution in [2.45, 2.75) is 39.7 Å². The van der Waals surface area contributed by atoms with Gasteiger partial charge in [-0.05, 0) is 19.1 Å². The van der Waals surface area contributed by atoms with Crippen LogP contribution in [0.5, 0.6) is 5.75 Å². The minimum atomic E-state index is -0.156. The van der Waals surface area contributed by atoms with E-state index in [1.54, 1.807) is 7.05 Å². The molecule has 2 rings (SSSR count). The largest absolute Gasteiger partial charge is 0.492 e. The van der Waals surface area contributed by atoms with Crippen LogP contribution < -0.4 is 10.1 Å². The van der Waals surface area contributed by atoms with Crippen LogP contribution in [-0.2, 0) is 12.0 Å². The second-order valence-electron chi connectivity index (χ2n) is 7.25. The molecule has 150 valence electrons. The fraction of sp³-hybridized carbons (Fsp3) is 0.526. The molecular weight excluding hydrogens is 457 g/mol. The van der Waals surface area contributed by atoms with Crippen molar-refractivity contribution in [3.8, 4) is 5.75 Å². The van der Waals surface area contributed by atoms with E-state index >= 15 is 0 Å². The lowest BCUT2D eigenvalue weighted by atomic mass is 9.97. The van der Waals surface area contributed by atoms with Crippen LogP contribution in [0.2, 0.25) is 0 Å². The summed E-state index contributed by atoms with van der Waals surface area (Å²) in [5, 5.41) is 7.25. The van der Waals surface area contributed by atoms with E-state index in [2.05, 4.69) is 27.4 Å². The van der Waals surface area contributed by atoms with E-state index in [0.717, 1.165) is 11.7 Å². The fourth-order valence-corrected chi connectivity index (χ4v) is 2.21. The number of benzene rings is 1. The number of likely N-dealkylation sites (N-methyl/N-ethyl adjacent to an activating group) is 1. The molecule has 7 nitrogen and oxygen atoms in total. The van der Waals surface area contributed by atoms with Gasteiger partial charge in [-0.25, -0.2) is 0 Å². The number of hydrogen-bond acceptors (Lipinski definition) is 5. The number of halogens is 1. The molecule has 0 bridgehead atoms. The summed E-state index contributed by atoms with van der Waals surface area (Å²) in [5.74, 6) is 2.86. The van der Waals surface area contributed by atoms with Gasteiger partial charge < -0.3 is 19.5 Å². The average Bonchev–Trinajstić information content (AvgIpc) is 3.06. The number of aliphatic imine (C=N–C) groups is 1.